The summed E-state index contributed by atoms with van der Waals surface area (Å²) in [4.78, 5) is 14.5. The van der Waals surface area contributed by atoms with Crippen LogP contribution in [0.2, 0.25) is 5.02 Å². The van der Waals surface area contributed by atoms with Crippen LogP contribution in [-0.2, 0) is 0 Å². The number of hydrogen-bond acceptors (Lipinski definition) is 2. The monoisotopic (exact) mass is 346 g/mol. The summed E-state index contributed by atoms with van der Waals surface area (Å²) in [6.07, 6.45) is 0. The Labute approximate surface area is 146 Å². The first-order chi connectivity index (χ1) is 11.0. The fourth-order valence-electron chi connectivity index (χ4n) is 2.63. The summed E-state index contributed by atoms with van der Waals surface area (Å²) >= 11 is 7.85. The molecule has 120 valence electrons. The van der Waals surface area contributed by atoms with E-state index in [0.29, 0.717) is 5.02 Å². The molecule has 1 unspecified atom stereocenters. The lowest BCUT2D eigenvalue weighted by Gasteiger charge is -2.24. The van der Waals surface area contributed by atoms with Gasteiger partial charge in [-0.15, -0.1) is 11.8 Å². The highest BCUT2D eigenvalue weighted by molar-refractivity contribution is 7.99. The topological polar surface area (TPSA) is 32.3 Å². The van der Waals surface area contributed by atoms with E-state index in [9.17, 15) is 4.79 Å². The molecule has 3 rings (SSSR count). The number of thioether (sulfide) groups is 1. The van der Waals surface area contributed by atoms with Gasteiger partial charge in [0, 0.05) is 23.0 Å². The van der Waals surface area contributed by atoms with Gasteiger partial charge in [-0.25, -0.2) is 4.79 Å². The highest BCUT2D eigenvalue weighted by Crippen LogP contribution is 2.38. The number of benzene rings is 2. The number of rotatable bonds is 2. The van der Waals surface area contributed by atoms with E-state index in [2.05, 4.69) is 12.2 Å². The quantitative estimate of drug-likeness (QED) is 0.806. The number of halogens is 1. The van der Waals surface area contributed by atoms with Gasteiger partial charge in [-0.2, -0.15) is 0 Å². The highest BCUT2D eigenvalue weighted by atomic mass is 35.5. The molecular weight excluding hydrogens is 328 g/mol. The molecule has 23 heavy (non-hydrogen) atoms. The van der Waals surface area contributed by atoms with Crippen LogP contribution in [0, 0.1) is 13.8 Å². The lowest BCUT2D eigenvalue weighted by Crippen LogP contribution is -2.34. The van der Waals surface area contributed by atoms with Crippen LogP contribution < -0.4 is 5.32 Å². The average molecular weight is 347 g/mol. The van der Waals surface area contributed by atoms with Crippen LogP contribution in [0.5, 0.6) is 0 Å². The molecule has 0 spiro atoms. The van der Waals surface area contributed by atoms with Gasteiger partial charge in [0.25, 0.3) is 0 Å². The first kappa shape index (κ1) is 16.2. The van der Waals surface area contributed by atoms with Crippen molar-refractivity contribution >= 4 is 35.1 Å². The third-order valence-electron chi connectivity index (χ3n) is 4.04. The van der Waals surface area contributed by atoms with Gasteiger partial charge in [-0.3, -0.25) is 0 Å². The molecule has 0 radical (unpaired) electrons. The van der Waals surface area contributed by atoms with Crippen molar-refractivity contribution in [1.29, 1.82) is 0 Å². The molecule has 1 saturated heterocycles. The maximum absolute atomic E-state index is 12.6. The molecule has 1 N–H and O–H groups in total. The van der Waals surface area contributed by atoms with Gasteiger partial charge in [0.2, 0.25) is 0 Å². The minimum absolute atomic E-state index is 0.0141. The maximum atomic E-state index is 12.6. The number of hydrogen-bond donors (Lipinski definition) is 1. The van der Waals surface area contributed by atoms with Crippen LogP contribution in [0.15, 0.2) is 42.5 Å². The second kappa shape index (κ2) is 6.85. The maximum Gasteiger partial charge on any atom is 0.323 e. The van der Waals surface area contributed by atoms with Crippen LogP contribution in [0.25, 0.3) is 0 Å². The molecule has 2 aromatic carbocycles. The molecule has 5 heteroatoms. The van der Waals surface area contributed by atoms with Gasteiger partial charge in [0.1, 0.15) is 5.37 Å². The van der Waals surface area contributed by atoms with Crippen LogP contribution in [-0.4, -0.2) is 23.2 Å². The van der Waals surface area contributed by atoms with Gasteiger partial charge in [0.05, 0.1) is 0 Å². The average Bonchev–Trinajstić information content (AvgIpc) is 3.00. The summed E-state index contributed by atoms with van der Waals surface area (Å²) in [5, 5.41) is 3.72. The van der Waals surface area contributed by atoms with Gasteiger partial charge < -0.3 is 10.2 Å². The summed E-state index contributed by atoms with van der Waals surface area (Å²) in [6.45, 7) is 4.84. The van der Waals surface area contributed by atoms with E-state index in [4.69, 9.17) is 11.6 Å². The zero-order chi connectivity index (χ0) is 16.4. The van der Waals surface area contributed by atoms with E-state index < -0.39 is 0 Å². The van der Waals surface area contributed by atoms with E-state index in [1.54, 1.807) is 11.8 Å². The standard InChI is InChI=1S/C18H19ClN2OS/c1-12-6-7-16(10-13(12)2)20-18(22)21-8-9-23-17(21)14-4-3-5-15(19)11-14/h3-7,10-11,17H,8-9H2,1-2H3,(H,20,22). The van der Waals surface area contributed by atoms with Crippen molar-refractivity contribution in [2.24, 2.45) is 0 Å². The van der Waals surface area contributed by atoms with Crippen LogP contribution in [0.4, 0.5) is 10.5 Å². The number of carbonyl (C=O) groups excluding carboxylic acids is 1. The van der Waals surface area contributed by atoms with Crippen molar-refractivity contribution in [2.45, 2.75) is 19.2 Å². The van der Waals surface area contributed by atoms with Crippen molar-refractivity contribution in [3.05, 3.63) is 64.2 Å². The minimum Gasteiger partial charge on any atom is -0.308 e. The lowest BCUT2D eigenvalue weighted by molar-refractivity contribution is 0.214. The van der Waals surface area contributed by atoms with Gasteiger partial charge >= 0.3 is 6.03 Å². The Morgan fingerprint density at radius 3 is 2.78 bits per heavy atom. The lowest BCUT2D eigenvalue weighted by atomic mass is 10.1. The third-order valence-corrected chi connectivity index (χ3v) is 5.54. The highest BCUT2D eigenvalue weighted by Gasteiger charge is 2.30. The number of aryl methyl sites for hydroxylation is 2. The molecule has 1 atom stereocenters. The predicted molar refractivity (Wildman–Crippen MR) is 98.3 cm³/mol. The SMILES string of the molecule is Cc1ccc(NC(=O)N2CCSC2c2cccc(Cl)c2)cc1C. The van der Waals surface area contributed by atoms with Gasteiger partial charge in [-0.05, 0) is 54.8 Å². The largest absolute Gasteiger partial charge is 0.323 e. The Hall–Kier alpha value is -1.65. The normalized spacial score (nSPS) is 17.3. The van der Waals surface area contributed by atoms with E-state index >= 15 is 0 Å². The van der Waals surface area contributed by atoms with Gasteiger partial charge in [0.15, 0.2) is 0 Å². The molecule has 1 heterocycles. The molecule has 1 aliphatic rings. The summed E-state index contributed by atoms with van der Waals surface area (Å²) in [7, 11) is 0. The zero-order valence-electron chi connectivity index (χ0n) is 13.2. The molecule has 2 amide bonds. The summed E-state index contributed by atoms with van der Waals surface area (Å²) in [6, 6.07) is 13.6. The Balaban J connectivity index is 1.76. The third kappa shape index (κ3) is 3.65. The number of nitrogens with one attached hydrogen (secondary N) is 1. The Morgan fingerprint density at radius 2 is 2.04 bits per heavy atom. The Bertz CT molecular complexity index is 735. The summed E-state index contributed by atoms with van der Waals surface area (Å²) in [5.74, 6) is 0.928. The number of carbonyl (C=O) groups is 1. The summed E-state index contributed by atoms with van der Waals surface area (Å²) < 4.78 is 0. The van der Waals surface area contributed by atoms with Crippen molar-refractivity contribution in [2.75, 3.05) is 17.6 Å². The number of anilines is 1. The molecule has 3 nitrogen and oxygen atoms in total. The van der Waals surface area contributed by atoms with Crippen molar-refractivity contribution in [3.63, 3.8) is 0 Å². The fraction of sp³-hybridized carbons (Fsp3) is 0.278. The Kier molecular flexibility index (Phi) is 4.83. The predicted octanol–water partition coefficient (Wildman–Crippen LogP) is 5.24. The molecule has 0 saturated carbocycles. The summed E-state index contributed by atoms with van der Waals surface area (Å²) in [5.41, 5.74) is 4.29. The van der Waals surface area contributed by atoms with Gasteiger partial charge in [-0.1, -0.05) is 29.8 Å². The van der Waals surface area contributed by atoms with Crippen LogP contribution in [0.1, 0.15) is 22.1 Å². The first-order valence-corrected chi connectivity index (χ1v) is 8.99. The van der Waals surface area contributed by atoms with E-state index in [1.165, 1.54) is 11.1 Å². The zero-order valence-corrected chi connectivity index (χ0v) is 14.7. The number of nitrogens with zero attached hydrogens (tertiary/aromatic N) is 1. The van der Waals surface area contributed by atoms with E-state index in [0.717, 1.165) is 23.5 Å². The van der Waals surface area contributed by atoms with Crippen molar-refractivity contribution in [1.82, 2.24) is 4.90 Å². The second-order valence-electron chi connectivity index (χ2n) is 5.70. The number of amides is 2. The smallest absolute Gasteiger partial charge is 0.308 e. The Morgan fingerprint density at radius 1 is 1.22 bits per heavy atom. The molecule has 1 fully saturated rings. The van der Waals surface area contributed by atoms with E-state index in [1.807, 2.05) is 54.3 Å². The molecule has 0 aromatic heterocycles. The molecular formula is C18H19ClN2OS. The molecule has 0 bridgehead atoms. The van der Waals surface area contributed by atoms with Crippen molar-refractivity contribution < 1.29 is 4.79 Å². The minimum atomic E-state index is -0.0665. The molecule has 0 aliphatic carbocycles. The van der Waals surface area contributed by atoms with Crippen LogP contribution in [0.3, 0.4) is 0 Å². The molecule has 2 aromatic rings. The first-order valence-electron chi connectivity index (χ1n) is 7.56. The number of urea groups is 1. The fourth-order valence-corrected chi connectivity index (χ4v) is 4.07. The second-order valence-corrected chi connectivity index (χ2v) is 7.33. The van der Waals surface area contributed by atoms with Crippen molar-refractivity contribution in [3.8, 4) is 0 Å². The van der Waals surface area contributed by atoms with E-state index in [-0.39, 0.29) is 11.4 Å². The molecule has 1 aliphatic heterocycles. The van der Waals surface area contributed by atoms with Crippen LogP contribution >= 0.6 is 23.4 Å².